The molecule has 1 heterocycles. The van der Waals surface area contributed by atoms with Gasteiger partial charge in [0.05, 0.1) is 6.61 Å². The Morgan fingerprint density at radius 2 is 2.08 bits per heavy atom. The molecule has 1 fully saturated rings. The minimum Gasteiger partial charge on any atom is -0.464 e. The molecule has 0 spiro atoms. The van der Waals surface area contributed by atoms with Gasteiger partial charge in [-0.1, -0.05) is 38.5 Å². The lowest BCUT2D eigenvalue weighted by Gasteiger charge is -2.26. The minimum absolute atomic E-state index is 0.0537. The largest absolute Gasteiger partial charge is 0.464 e. The number of anilines is 1. The van der Waals surface area contributed by atoms with E-state index in [0.717, 1.165) is 12.1 Å². The summed E-state index contributed by atoms with van der Waals surface area (Å²) < 4.78 is 4.88. The Hall–Kier alpha value is -2.15. The fourth-order valence-electron chi connectivity index (χ4n) is 2.42. The van der Waals surface area contributed by atoms with Crippen molar-refractivity contribution >= 4 is 34.9 Å². The first-order valence-electron chi connectivity index (χ1n) is 8.10. The third-order valence-corrected chi connectivity index (χ3v) is 4.29. The third-order valence-electron chi connectivity index (χ3n) is 4.07. The number of amides is 1. The van der Waals surface area contributed by atoms with Gasteiger partial charge in [0.25, 0.3) is 0 Å². The zero-order valence-electron chi connectivity index (χ0n) is 13.9. The number of thiocarbonyl (C=S) groups is 1. The standard InChI is InChI=1S/C17H23N3O3S/c1-3-11(2)14(15(21)19-13-9-10-23-16(13)22)20-17(24)18-12-7-5-4-6-8-12/h4-8,11,13-14H,3,9-10H2,1-2H3,(H,19,21)(H2,18,20,24)/t11?,13-,14-/m0/s1. The van der Waals surface area contributed by atoms with Crippen LogP contribution in [0.4, 0.5) is 5.69 Å². The van der Waals surface area contributed by atoms with E-state index in [0.29, 0.717) is 18.1 Å². The van der Waals surface area contributed by atoms with E-state index in [1.165, 1.54) is 0 Å². The third kappa shape index (κ3) is 4.92. The lowest BCUT2D eigenvalue weighted by atomic mass is 9.98. The summed E-state index contributed by atoms with van der Waals surface area (Å²) in [5.41, 5.74) is 0.845. The quantitative estimate of drug-likeness (QED) is 0.537. The second-order valence-corrected chi connectivity index (χ2v) is 6.25. The molecular formula is C17H23N3O3S. The van der Waals surface area contributed by atoms with Crippen LogP contribution in [0.15, 0.2) is 30.3 Å². The molecule has 24 heavy (non-hydrogen) atoms. The predicted molar refractivity (Wildman–Crippen MR) is 96.5 cm³/mol. The maximum Gasteiger partial charge on any atom is 0.328 e. The number of hydrogen-bond acceptors (Lipinski definition) is 4. The van der Waals surface area contributed by atoms with Crippen LogP contribution in [-0.2, 0) is 14.3 Å². The second kappa shape index (κ2) is 8.63. The summed E-state index contributed by atoms with van der Waals surface area (Å²) in [6, 6.07) is 8.40. The van der Waals surface area contributed by atoms with Crippen molar-refractivity contribution in [3.8, 4) is 0 Å². The highest BCUT2D eigenvalue weighted by atomic mass is 32.1. The van der Waals surface area contributed by atoms with E-state index in [1.54, 1.807) is 0 Å². The van der Waals surface area contributed by atoms with E-state index in [1.807, 2.05) is 44.2 Å². The van der Waals surface area contributed by atoms with Crippen LogP contribution < -0.4 is 16.0 Å². The summed E-state index contributed by atoms with van der Waals surface area (Å²) >= 11 is 5.31. The van der Waals surface area contributed by atoms with Crippen molar-refractivity contribution < 1.29 is 14.3 Å². The topological polar surface area (TPSA) is 79.5 Å². The summed E-state index contributed by atoms with van der Waals surface area (Å²) in [5, 5.41) is 9.24. The number of nitrogens with one attached hydrogen (secondary N) is 3. The molecule has 0 saturated carbocycles. The van der Waals surface area contributed by atoms with Crippen LogP contribution in [0.2, 0.25) is 0 Å². The van der Waals surface area contributed by atoms with Gasteiger partial charge in [-0.3, -0.25) is 4.79 Å². The molecular weight excluding hydrogens is 326 g/mol. The molecule has 1 amide bonds. The van der Waals surface area contributed by atoms with Crippen molar-refractivity contribution in [3.05, 3.63) is 30.3 Å². The molecule has 6 nitrogen and oxygen atoms in total. The SMILES string of the molecule is CCC(C)[C@H](NC(=S)Nc1ccccc1)C(=O)N[C@H]1CCOC1=O. The molecule has 7 heteroatoms. The maximum absolute atomic E-state index is 12.6. The van der Waals surface area contributed by atoms with Gasteiger partial charge in [-0.15, -0.1) is 0 Å². The van der Waals surface area contributed by atoms with E-state index in [9.17, 15) is 9.59 Å². The van der Waals surface area contributed by atoms with Crippen LogP contribution in [0.3, 0.4) is 0 Å². The van der Waals surface area contributed by atoms with E-state index >= 15 is 0 Å². The number of para-hydroxylation sites is 1. The molecule has 1 unspecified atom stereocenters. The molecule has 3 atom stereocenters. The van der Waals surface area contributed by atoms with Crippen LogP contribution in [0.5, 0.6) is 0 Å². The number of rotatable bonds is 6. The van der Waals surface area contributed by atoms with Gasteiger partial charge < -0.3 is 20.7 Å². The van der Waals surface area contributed by atoms with E-state index < -0.39 is 12.1 Å². The van der Waals surface area contributed by atoms with E-state index in [-0.39, 0.29) is 17.8 Å². The monoisotopic (exact) mass is 349 g/mol. The number of cyclic esters (lactones) is 1. The lowest BCUT2D eigenvalue weighted by molar-refractivity contribution is -0.141. The molecule has 1 saturated heterocycles. The van der Waals surface area contributed by atoms with Crippen LogP contribution in [0.1, 0.15) is 26.7 Å². The number of esters is 1. The number of hydrogen-bond donors (Lipinski definition) is 3. The average Bonchev–Trinajstić information content (AvgIpc) is 2.97. The molecule has 3 N–H and O–H groups in total. The highest BCUT2D eigenvalue weighted by Gasteiger charge is 2.32. The molecule has 1 aromatic rings. The number of ether oxygens (including phenoxy) is 1. The summed E-state index contributed by atoms with van der Waals surface area (Å²) in [5.74, 6) is -0.570. The first-order chi connectivity index (χ1) is 11.5. The van der Waals surface area contributed by atoms with Gasteiger partial charge in [-0.2, -0.15) is 0 Å². The van der Waals surface area contributed by atoms with Crippen molar-refractivity contribution in [3.63, 3.8) is 0 Å². The molecule has 1 aliphatic heterocycles. The molecule has 2 rings (SSSR count). The van der Waals surface area contributed by atoms with Gasteiger partial charge in [-0.25, -0.2) is 4.79 Å². The Morgan fingerprint density at radius 3 is 2.67 bits per heavy atom. The predicted octanol–water partition coefficient (Wildman–Crippen LogP) is 1.82. The van der Waals surface area contributed by atoms with E-state index in [4.69, 9.17) is 17.0 Å². The molecule has 0 aromatic heterocycles. The first-order valence-corrected chi connectivity index (χ1v) is 8.51. The Balaban J connectivity index is 1.98. The van der Waals surface area contributed by atoms with Crippen LogP contribution in [0.25, 0.3) is 0 Å². The Morgan fingerprint density at radius 1 is 1.38 bits per heavy atom. The summed E-state index contributed by atoms with van der Waals surface area (Å²) in [4.78, 5) is 24.1. The minimum atomic E-state index is -0.568. The van der Waals surface area contributed by atoms with Crippen molar-refractivity contribution in [1.82, 2.24) is 10.6 Å². The smallest absolute Gasteiger partial charge is 0.328 e. The molecule has 0 aliphatic carbocycles. The van der Waals surface area contributed by atoms with Crippen molar-refractivity contribution in [1.29, 1.82) is 0 Å². The van der Waals surface area contributed by atoms with Crippen LogP contribution in [0, 0.1) is 5.92 Å². The zero-order valence-corrected chi connectivity index (χ0v) is 14.7. The second-order valence-electron chi connectivity index (χ2n) is 5.85. The van der Waals surface area contributed by atoms with Gasteiger partial charge in [0.15, 0.2) is 5.11 Å². The lowest BCUT2D eigenvalue weighted by Crippen LogP contribution is -2.54. The summed E-state index contributed by atoms with van der Waals surface area (Å²) in [6.07, 6.45) is 1.30. The molecule has 0 radical (unpaired) electrons. The fourth-order valence-corrected chi connectivity index (χ4v) is 2.67. The van der Waals surface area contributed by atoms with Crippen LogP contribution >= 0.6 is 12.2 Å². The van der Waals surface area contributed by atoms with Crippen LogP contribution in [-0.4, -0.2) is 35.7 Å². The number of benzene rings is 1. The highest BCUT2D eigenvalue weighted by Crippen LogP contribution is 2.12. The van der Waals surface area contributed by atoms with Crippen molar-refractivity contribution in [2.75, 3.05) is 11.9 Å². The summed E-state index contributed by atoms with van der Waals surface area (Å²) in [7, 11) is 0. The van der Waals surface area contributed by atoms with Crippen molar-refractivity contribution in [2.24, 2.45) is 5.92 Å². The van der Waals surface area contributed by atoms with Gasteiger partial charge in [-0.05, 0) is 30.3 Å². The number of carbonyl (C=O) groups is 2. The summed E-state index contributed by atoms with van der Waals surface area (Å²) in [6.45, 7) is 4.32. The molecule has 130 valence electrons. The Bertz CT molecular complexity index is 594. The van der Waals surface area contributed by atoms with E-state index in [2.05, 4.69) is 16.0 Å². The maximum atomic E-state index is 12.6. The van der Waals surface area contributed by atoms with Crippen molar-refractivity contribution in [2.45, 2.75) is 38.8 Å². The van der Waals surface area contributed by atoms with Gasteiger partial charge >= 0.3 is 5.97 Å². The molecule has 1 aliphatic rings. The first kappa shape index (κ1) is 18.2. The Kier molecular flexibility index (Phi) is 6.54. The van der Waals surface area contributed by atoms with Gasteiger partial charge in [0, 0.05) is 12.1 Å². The number of carbonyl (C=O) groups excluding carboxylic acids is 2. The highest BCUT2D eigenvalue weighted by molar-refractivity contribution is 7.80. The zero-order chi connectivity index (χ0) is 17.5. The normalized spacial score (nSPS) is 19.1. The van der Waals surface area contributed by atoms with Gasteiger partial charge in [0.1, 0.15) is 12.1 Å². The molecule has 1 aromatic carbocycles. The van der Waals surface area contributed by atoms with Gasteiger partial charge in [0.2, 0.25) is 5.91 Å². The Labute approximate surface area is 147 Å². The average molecular weight is 349 g/mol. The fraction of sp³-hybridized carbons (Fsp3) is 0.471. The molecule has 0 bridgehead atoms.